The summed E-state index contributed by atoms with van der Waals surface area (Å²) in [6.07, 6.45) is 11.2. The Labute approximate surface area is 203 Å². The number of carbonyl (C=O) groups excluding carboxylic acids is 2. The van der Waals surface area contributed by atoms with Crippen LogP contribution < -0.4 is 11.1 Å². The SMILES string of the molecule is CC=C(C)C(=O)OC1(C)CCCC(C2CC[NH2+]C(N)C2)C12CC1CC3CCC(=O)OC3CC1O2. The third kappa shape index (κ3) is 4.11. The lowest BCUT2D eigenvalue weighted by Crippen LogP contribution is -2.95. The summed E-state index contributed by atoms with van der Waals surface area (Å²) >= 11 is 0. The Balaban J connectivity index is 1.48. The van der Waals surface area contributed by atoms with Crippen molar-refractivity contribution in [3.8, 4) is 0 Å². The highest BCUT2D eigenvalue weighted by Gasteiger charge is 2.66. The van der Waals surface area contributed by atoms with Crippen LogP contribution in [0, 0.1) is 23.7 Å². The number of nitrogens with two attached hydrogens (primary N) is 2. The topological polar surface area (TPSA) is 104 Å². The fourth-order valence-corrected chi connectivity index (χ4v) is 8.04. The van der Waals surface area contributed by atoms with Gasteiger partial charge in [-0.15, -0.1) is 0 Å². The average Bonchev–Trinajstić information content (AvgIpc) is 3.18. The van der Waals surface area contributed by atoms with Crippen molar-refractivity contribution >= 4 is 11.9 Å². The number of rotatable bonds is 3. The van der Waals surface area contributed by atoms with Crippen LogP contribution >= 0.6 is 0 Å². The van der Waals surface area contributed by atoms with Crippen LogP contribution in [-0.4, -0.2) is 48.1 Å². The molecule has 34 heavy (non-hydrogen) atoms. The number of esters is 2. The second kappa shape index (κ2) is 9.21. The largest absolute Gasteiger partial charge is 0.462 e. The van der Waals surface area contributed by atoms with Gasteiger partial charge in [0.15, 0.2) is 0 Å². The van der Waals surface area contributed by atoms with E-state index < -0.39 is 11.2 Å². The summed E-state index contributed by atoms with van der Waals surface area (Å²) in [5.41, 5.74) is 5.85. The molecule has 5 aliphatic rings. The second-order valence-electron chi connectivity index (χ2n) is 11.9. The van der Waals surface area contributed by atoms with E-state index in [0.29, 0.717) is 35.7 Å². The van der Waals surface area contributed by atoms with Crippen LogP contribution in [0.1, 0.15) is 85.0 Å². The first kappa shape index (κ1) is 24.3. The van der Waals surface area contributed by atoms with E-state index in [1.165, 1.54) is 0 Å². The molecule has 1 spiro atoms. The maximum absolute atomic E-state index is 13.0. The van der Waals surface area contributed by atoms with Gasteiger partial charge in [0.2, 0.25) is 0 Å². The molecule has 3 aliphatic heterocycles. The van der Waals surface area contributed by atoms with E-state index in [2.05, 4.69) is 12.2 Å². The van der Waals surface area contributed by atoms with E-state index in [9.17, 15) is 9.59 Å². The first-order chi connectivity index (χ1) is 16.2. The molecule has 0 aromatic carbocycles. The summed E-state index contributed by atoms with van der Waals surface area (Å²) in [6, 6.07) is 0. The zero-order valence-corrected chi connectivity index (χ0v) is 21.1. The standard InChI is InChI=1S/C27H42N2O5/c1-4-16(2)25(31)34-26(3)10-5-6-20(17-9-11-29-23(28)13-17)27(26)15-19-12-18-7-8-24(30)32-21(18)14-22(19)33-27/h4,17-23,29H,5-15,28H2,1-3H3/p+1. The third-order valence-corrected chi connectivity index (χ3v) is 9.94. The predicted octanol–water partition coefficient (Wildman–Crippen LogP) is 2.57. The number of quaternary nitrogens is 1. The molecule has 5 fully saturated rings. The predicted molar refractivity (Wildman–Crippen MR) is 126 cm³/mol. The normalized spacial score (nSPS) is 47.0. The van der Waals surface area contributed by atoms with Crippen LogP contribution in [0.25, 0.3) is 0 Å². The van der Waals surface area contributed by atoms with E-state index in [0.717, 1.165) is 64.3 Å². The molecule has 2 saturated carbocycles. The molecule has 0 aromatic rings. The van der Waals surface area contributed by atoms with Gasteiger partial charge in [-0.3, -0.25) is 10.5 Å². The van der Waals surface area contributed by atoms with Crippen molar-refractivity contribution in [1.82, 2.24) is 0 Å². The van der Waals surface area contributed by atoms with Crippen molar-refractivity contribution in [2.45, 2.75) is 115 Å². The van der Waals surface area contributed by atoms with Crippen LogP contribution in [0.4, 0.5) is 0 Å². The van der Waals surface area contributed by atoms with E-state index in [-0.39, 0.29) is 30.3 Å². The van der Waals surface area contributed by atoms with Crippen LogP contribution in [0.15, 0.2) is 11.6 Å². The molecule has 7 nitrogen and oxygen atoms in total. The maximum Gasteiger partial charge on any atom is 0.334 e. The first-order valence-electron chi connectivity index (χ1n) is 13.6. The van der Waals surface area contributed by atoms with Gasteiger partial charge in [0, 0.05) is 24.8 Å². The maximum atomic E-state index is 13.0. The summed E-state index contributed by atoms with van der Waals surface area (Å²) in [5, 5.41) is 2.24. The molecule has 0 bridgehead atoms. The van der Waals surface area contributed by atoms with Crippen molar-refractivity contribution in [3.63, 3.8) is 0 Å². The molecular formula is C27H43N2O5+. The molecule has 9 unspecified atom stereocenters. The van der Waals surface area contributed by atoms with Gasteiger partial charge in [-0.1, -0.05) is 6.08 Å². The quantitative estimate of drug-likeness (QED) is 0.480. The molecule has 9 atom stereocenters. The van der Waals surface area contributed by atoms with Crippen LogP contribution in [0.5, 0.6) is 0 Å². The highest BCUT2D eigenvalue weighted by Crippen LogP contribution is 2.60. The third-order valence-electron chi connectivity index (χ3n) is 9.94. The lowest BCUT2D eigenvalue weighted by molar-refractivity contribution is -0.700. The average molecular weight is 476 g/mol. The highest BCUT2D eigenvalue weighted by atomic mass is 16.6. The van der Waals surface area contributed by atoms with Gasteiger partial charge in [0.1, 0.15) is 23.5 Å². The van der Waals surface area contributed by atoms with Crippen LogP contribution in [-0.2, 0) is 23.8 Å². The Morgan fingerprint density at radius 1 is 1.15 bits per heavy atom. The second-order valence-corrected chi connectivity index (χ2v) is 11.9. The lowest BCUT2D eigenvalue weighted by Gasteiger charge is -2.55. The molecule has 0 aromatic heterocycles. The minimum absolute atomic E-state index is 0.0310. The Kier molecular flexibility index (Phi) is 6.57. The molecule has 0 radical (unpaired) electrons. The fraction of sp³-hybridized carbons (Fsp3) is 0.852. The first-order valence-corrected chi connectivity index (χ1v) is 13.6. The smallest absolute Gasteiger partial charge is 0.334 e. The molecule has 2 aliphatic carbocycles. The minimum atomic E-state index is -0.679. The van der Waals surface area contributed by atoms with Gasteiger partial charge in [0.05, 0.1) is 12.6 Å². The fourth-order valence-electron chi connectivity index (χ4n) is 8.04. The van der Waals surface area contributed by atoms with Gasteiger partial charge in [-0.05, 0) is 89.4 Å². The number of piperidine rings is 1. The number of hydrogen-bond acceptors (Lipinski definition) is 6. The number of allylic oxidation sites excluding steroid dienone is 1. The summed E-state index contributed by atoms with van der Waals surface area (Å²) in [4.78, 5) is 25.0. The Hall–Kier alpha value is -1.44. The van der Waals surface area contributed by atoms with E-state index >= 15 is 0 Å². The van der Waals surface area contributed by atoms with Gasteiger partial charge in [0.25, 0.3) is 0 Å². The summed E-state index contributed by atoms with van der Waals surface area (Å²) < 4.78 is 19.3. The van der Waals surface area contributed by atoms with E-state index in [1.54, 1.807) is 0 Å². The van der Waals surface area contributed by atoms with Gasteiger partial charge < -0.3 is 19.5 Å². The molecular weight excluding hydrogens is 432 g/mol. The number of carbonyl (C=O) groups is 2. The highest BCUT2D eigenvalue weighted by molar-refractivity contribution is 5.88. The monoisotopic (exact) mass is 475 g/mol. The molecule has 3 heterocycles. The molecule has 0 amide bonds. The van der Waals surface area contributed by atoms with Crippen LogP contribution in [0.2, 0.25) is 0 Å². The zero-order valence-electron chi connectivity index (χ0n) is 21.1. The van der Waals surface area contributed by atoms with Crippen LogP contribution in [0.3, 0.4) is 0 Å². The Morgan fingerprint density at radius 2 is 1.97 bits per heavy atom. The van der Waals surface area contributed by atoms with E-state index in [1.807, 2.05) is 19.9 Å². The van der Waals surface area contributed by atoms with Gasteiger partial charge in [-0.2, -0.15) is 0 Å². The molecule has 7 heteroatoms. The summed E-state index contributed by atoms with van der Waals surface area (Å²) in [6.45, 7) is 6.86. The number of ether oxygens (including phenoxy) is 3. The molecule has 4 N–H and O–H groups in total. The van der Waals surface area contributed by atoms with Crippen molar-refractivity contribution in [2.75, 3.05) is 6.54 Å². The van der Waals surface area contributed by atoms with Crippen molar-refractivity contribution in [3.05, 3.63) is 11.6 Å². The molecule has 190 valence electrons. The van der Waals surface area contributed by atoms with Gasteiger partial charge >= 0.3 is 11.9 Å². The zero-order chi connectivity index (χ0) is 24.1. The Morgan fingerprint density at radius 3 is 2.74 bits per heavy atom. The number of fused-ring (bicyclic) bond motifs is 2. The van der Waals surface area contributed by atoms with Crippen molar-refractivity contribution in [1.29, 1.82) is 0 Å². The Bertz CT molecular complexity index is 845. The number of hydrogen-bond donors (Lipinski definition) is 2. The lowest BCUT2D eigenvalue weighted by atomic mass is 9.58. The van der Waals surface area contributed by atoms with Gasteiger partial charge in [-0.25, -0.2) is 4.79 Å². The van der Waals surface area contributed by atoms with E-state index in [4.69, 9.17) is 19.9 Å². The minimum Gasteiger partial charge on any atom is -0.462 e. The summed E-state index contributed by atoms with van der Waals surface area (Å²) in [7, 11) is 0. The molecule has 5 rings (SSSR count). The van der Waals surface area contributed by atoms with Crippen molar-refractivity contribution < 1.29 is 29.1 Å². The molecule has 3 saturated heterocycles. The van der Waals surface area contributed by atoms with Crippen molar-refractivity contribution in [2.24, 2.45) is 29.4 Å². The summed E-state index contributed by atoms with van der Waals surface area (Å²) in [5.74, 6) is 1.33.